The van der Waals surface area contributed by atoms with Crippen molar-refractivity contribution in [2.45, 2.75) is 26.0 Å². The van der Waals surface area contributed by atoms with E-state index < -0.39 is 6.10 Å². The Morgan fingerprint density at radius 1 is 1.22 bits per heavy atom. The van der Waals surface area contributed by atoms with Gasteiger partial charge in [0.2, 0.25) is 0 Å². The average molecular weight is 311 g/mol. The van der Waals surface area contributed by atoms with Gasteiger partial charge in [-0.1, -0.05) is 30.3 Å². The van der Waals surface area contributed by atoms with Crippen LogP contribution < -0.4 is 9.47 Å². The van der Waals surface area contributed by atoms with E-state index in [9.17, 15) is 4.79 Å². The quantitative estimate of drug-likeness (QED) is 0.852. The van der Waals surface area contributed by atoms with Crippen LogP contribution >= 0.6 is 0 Å². The third-order valence-electron chi connectivity index (χ3n) is 4.15. The number of rotatable bonds is 5. The Kier molecular flexibility index (Phi) is 4.51. The van der Waals surface area contributed by atoms with Gasteiger partial charge in [0, 0.05) is 19.5 Å². The minimum atomic E-state index is -0.411. The fourth-order valence-electron chi connectivity index (χ4n) is 2.82. The number of benzene rings is 2. The Bertz CT molecular complexity index is 656. The summed E-state index contributed by atoms with van der Waals surface area (Å²) < 4.78 is 11.0. The van der Waals surface area contributed by atoms with Gasteiger partial charge in [0.15, 0.2) is 6.10 Å². The number of carbonyl (C=O) groups excluding carboxylic acids is 1. The summed E-state index contributed by atoms with van der Waals surface area (Å²) in [5.41, 5.74) is 2.18. The number of amides is 1. The lowest BCUT2D eigenvalue weighted by atomic mass is 10.1. The van der Waals surface area contributed by atoms with Crippen molar-refractivity contribution in [3.05, 3.63) is 59.7 Å². The molecule has 1 aliphatic rings. The Hall–Kier alpha value is -2.49. The second-order valence-electron chi connectivity index (χ2n) is 5.62. The number of ether oxygens (including phenoxy) is 2. The highest BCUT2D eigenvalue weighted by Crippen LogP contribution is 2.29. The maximum absolute atomic E-state index is 12.7. The van der Waals surface area contributed by atoms with Crippen molar-refractivity contribution < 1.29 is 14.3 Å². The lowest BCUT2D eigenvalue weighted by Crippen LogP contribution is -2.40. The summed E-state index contributed by atoms with van der Waals surface area (Å²) in [5.74, 6) is 1.68. The van der Waals surface area contributed by atoms with Crippen LogP contribution in [0, 0.1) is 0 Å². The molecule has 2 aromatic rings. The van der Waals surface area contributed by atoms with Gasteiger partial charge in [-0.3, -0.25) is 4.79 Å². The summed E-state index contributed by atoms with van der Waals surface area (Å²) in [4.78, 5) is 14.6. The average Bonchev–Trinajstić information content (AvgIpc) is 3.03. The van der Waals surface area contributed by atoms with Crippen LogP contribution in [0.2, 0.25) is 0 Å². The molecule has 4 nitrogen and oxygen atoms in total. The molecule has 0 radical (unpaired) electrons. The Morgan fingerprint density at radius 3 is 2.61 bits per heavy atom. The van der Waals surface area contributed by atoms with Crippen LogP contribution in [0.4, 0.5) is 0 Å². The number of carbonyl (C=O) groups is 1. The number of likely N-dealkylation sites (N-methyl/N-ethyl adjacent to an activating group) is 1. The van der Waals surface area contributed by atoms with Gasteiger partial charge < -0.3 is 14.4 Å². The Balaban J connectivity index is 1.67. The van der Waals surface area contributed by atoms with Crippen LogP contribution in [0.1, 0.15) is 18.1 Å². The normalized spacial score (nSPS) is 15.7. The lowest BCUT2D eigenvalue weighted by Gasteiger charge is -2.24. The van der Waals surface area contributed by atoms with Crippen molar-refractivity contribution in [1.29, 1.82) is 0 Å². The molecule has 0 saturated carbocycles. The van der Waals surface area contributed by atoms with Crippen molar-refractivity contribution >= 4 is 5.91 Å². The first-order valence-electron chi connectivity index (χ1n) is 7.87. The molecule has 0 spiro atoms. The molecule has 3 rings (SSSR count). The van der Waals surface area contributed by atoms with Crippen LogP contribution in [0.25, 0.3) is 0 Å². The zero-order valence-corrected chi connectivity index (χ0v) is 13.5. The second-order valence-corrected chi connectivity index (χ2v) is 5.62. The molecule has 120 valence electrons. The minimum Gasteiger partial charge on any atom is -0.497 e. The van der Waals surface area contributed by atoms with Gasteiger partial charge in [-0.15, -0.1) is 0 Å². The standard InChI is InChI=1S/C19H21NO3/c1-3-20(13-14-8-10-16(22-2)11-9-14)19(21)18-12-15-6-4-5-7-17(15)23-18/h4-11,18H,3,12-13H2,1-2H3. The van der Waals surface area contributed by atoms with Crippen LogP contribution in [0.3, 0.4) is 0 Å². The summed E-state index contributed by atoms with van der Waals surface area (Å²) in [6.45, 7) is 3.22. The molecule has 0 aromatic heterocycles. The van der Waals surface area contributed by atoms with Crippen LogP contribution in [-0.4, -0.2) is 30.6 Å². The van der Waals surface area contributed by atoms with Gasteiger partial charge in [0.25, 0.3) is 5.91 Å². The van der Waals surface area contributed by atoms with Crippen LogP contribution in [0.15, 0.2) is 48.5 Å². The van der Waals surface area contributed by atoms with Crippen molar-refractivity contribution in [1.82, 2.24) is 4.90 Å². The molecule has 1 unspecified atom stereocenters. The first kappa shape index (κ1) is 15.4. The number of hydrogen-bond acceptors (Lipinski definition) is 3. The van der Waals surface area contributed by atoms with E-state index in [0.717, 1.165) is 22.6 Å². The maximum atomic E-state index is 12.7. The second kappa shape index (κ2) is 6.73. The van der Waals surface area contributed by atoms with Gasteiger partial charge >= 0.3 is 0 Å². The Morgan fingerprint density at radius 2 is 1.96 bits per heavy atom. The monoisotopic (exact) mass is 311 g/mol. The van der Waals surface area contributed by atoms with E-state index in [4.69, 9.17) is 9.47 Å². The minimum absolute atomic E-state index is 0.0412. The van der Waals surface area contributed by atoms with Crippen molar-refractivity contribution in [3.63, 3.8) is 0 Å². The van der Waals surface area contributed by atoms with Gasteiger partial charge in [-0.2, -0.15) is 0 Å². The van der Waals surface area contributed by atoms with Crippen molar-refractivity contribution in [2.24, 2.45) is 0 Å². The molecule has 2 aromatic carbocycles. The molecule has 1 heterocycles. The number of hydrogen-bond donors (Lipinski definition) is 0. The molecule has 1 atom stereocenters. The topological polar surface area (TPSA) is 38.8 Å². The summed E-state index contributed by atoms with van der Waals surface area (Å²) in [5, 5.41) is 0. The molecule has 0 fully saturated rings. The molecule has 23 heavy (non-hydrogen) atoms. The number of nitrogens with zero attached hydrogens (tertiary/aromatic N) is 1. The van der Waals surface area contributed by atoms with Gasteiger partial charge in [-0.25, -0.2) is 0 Å². The van der Waals surface area contributed by atoms with Crippen LogP contribution in [0.5, 0.6) is 11.5 Å². The maximum Gasteiger partial charge on any atom is 0.264 e. The largest absolute Gasteiger partial charge is 0.497 e. The third-order valence-corrected chi connectivity index (χ3v) is 4.15. The van der Waals surface area contributed by atoms with Crippen LogP contribution in [-0.2, 0) is 17.8 Å². The van der Waals surface area contributed by atoms with Gasteiger partial charge in [0.05, 0.1) is 7.11 Å². The summed E-state index contributed by atoms with van der Waals surface area (Å²) in [6.07, 6.45) is 0.235. The zero-order valence-electron chi connectivity index (χ0n) is 13.5. The lowest BCUT2D eigenvalue weighted by molar-refractivity contribution is -0.138. The molecule has 1 amide bonds. The smallest absolute Gasteiger partial charge is 0.264 e. The molecular weight excluding hydrogens is 290 g/mol. The van der Waals surface area contributed by atoms with Gasteiger partial charge in [-0.05, 0) is 36.2 Å². The fraction of sp³-hybridized carbons (Fsp3) is 0.316. The summed E-state index contributed by atoms with van der Waals surface area (Å²) in [7, 11) is 1.64. The molecule has 0 N–H and O–H groups in total. The molecule has 0 aliphatic carbocycles. The predicted molar refractivity (Wildman–Crippen MR) is 88.6 cm³/mol. The van der Waals surface area contributed by atoms with E-state index in [1.54, 1.807) is 7.11 Å². The molecular formula is C19H21NO3. The van der Waals surface area contributed by atoms with E-state index >= 15 is 0 Å². The predicted octanol–water partition coefficient (Wildman–Crippen LogP) is 3.05. The van der Waals surface area contributed by atoms with E-state index in [2.05, 4.69) is 0 Å². The number of fused-ring (bicyclic) bond motifs is 1. The highest BCUT2D eigenvalue weighted by atomic mass is 16.5. The summed E-state index contributed by atoms with van der Waals surface area (Å²) in [6, 6.07) is 15.6. The van der Waals surface area contributed by atoms with E-state index in [0.29, 0.717) is 19.5 Å². The molecule has 0 bridgehead atoms. The SMILES string of the molecule is CCN(Cc1ccc(OC)cc1)C(=O)C1Cc2ccccc2O1. The first-order chi connectivity index (χ1) is 11.2. The van der Waals surface area contributed by atoms with E-state index in [1.165, 1.54) is 0 Å². The van der Waals surface area contributed by atoms with E-state index in [1.807, 2.05) is 60.4 Å². The summed E-state index contributed by atoms with van der Waals surface area (Å²) >= 11 is 0. The Labute approximate surface area is 136 Å². The molecule has 0 saturated heterocycles. The highest BCUT2D eigenvalue weighted by molar-refractivity contribution is 5.82. The first-order valence-corrected chi connectivity index (χ1v) is 7.87. The number of methoxy groups -OCH3 is 1. The third kappa shape index (κ3) is 3.31. The van der Waals surface area contributed by atoms with Crippen molar-refractivity contribution in [2.75, 3.05) is 13.7 Å². The van der Waals surface area contributed by atoms with Crippen molar-refractivity contribution in [3.8, 4) is 11.5 Å². The van der Waals surface area contributed by atoms with E-state index in [-0.39, 0.29) is 5.91 Å². The zero-order chi connectivity index (χ0) is 16.2. The highest BCUT2D eigenvalue weighted by Gasteiger charge is 2.31. The molecule has 1 aliphatic heterocycles. The fourth-order valence-corrected chi connectivity index (χ4v) is 2.82. The molecule has 4 heteroatoms. The van der Waals surface area contributed by atoms with Gasteiger partial charge in [0.1, 0.15) is 11.5 Å². The number of para-hydroxylation sites is 1.